The number of Topliss-reactive ketones (excluding diaryl/α,β-unsaturated/α-hetero) is 1. The lowest BCUT2D eigenvalue weighted by atomic mass is 9.86. The Balaban J connectivity index is 2.08. The third-order valence-electron chi connectivity index (χ3n) is 5.39. The molecule has 0 aromatic heterocycles. The summed E-state index contributed by atoms with van der Waals surface area (Å²) in [5, 5.41) is 0. The van der Waals surface area contributed by atoms with E-state index in [9.17, 15) is 27.6 Å². The van der Waals surface area contributed by atoms with E-state index in [2.05, 4.69) is 0 Å². The third kappa shape index (κ3) is 5.59. The minimum Gasteiger partial charge on any atom is -0.466 e. The van der Waals surface area contributed by atoms with Gasteiger partial charge in [-0.3, -0.25) is 14.5 Å². The summed E-state index contributed by atoms with van der Waals surface area (Å²) in [7, 11) is 1.21. The maximum atomic E-state index is 13.3. The number of rotatable bonds is 6. The molecule has 2 saturated heterocycles. The standard InChI is InChI=1S/C18H27F3N2O5/c1-3-28-16(25)10-14(24)12-6-8-23(17(26)27-2)13(9-12)11-22-7-4-5-15(22)18(19,20)21/h12-13,15H,3-11H2,1-2H3/t12-,13-,15-/m0/s1. The van der Waals surface area contributed by atoms with E-state index in [0.29, 0.717) is 12.8 Å². The Labute approximate surface area is 162 Å². The van der Waals surface area contributed by atoms with Gasteiger partial charge in [-0.2, -0.15) is 13.2 Å². The van der Waals surface area contributed by atoms with Crippen molar-refractivity contribution in [1.29, 1.82) is 0 Å². The molecule has 28 heavy (non-hydrogen) atoms. The average molecular weight is 408 g/mol. The van der Waals surface area contributed by atoms with Crippen LogP contribution >= 0.6 is 0 Å². The van der Waals surface area contributed by atoms with Gasteiger partial charge in [0.15, 0.2) is 0 Å². The molecule has 3 atom stereocenters. The molecule has 0 bridgehead atoms. The molecule has 160 valence electrons. The summed E-state index contributed by atoms with van der Waals surface area (Å²) in [5.74, 6) is -1.42. The number of carbonyl (C=O) groups is 3. The van der Waals surface area contributed by atoms with E-state index in [4.69, 9.17) is 9.47 Å². The summed E-state index contributed by atoms with van der Waals surface area (Å²) in [5.41, 5.74) is 0. The summed E-state index contributed by atoms with van der Waals surface area (Å²) in [6, 6.07) is -2.12. The van der Waals surface area contributed by atoms with Crippen LogP contribution in [0.15, 0.2) is 0 Å². The summed E-state index contributed by atoms with van der Waals surface area (Å²) in [6.07, 6.45) is -4.32. The molecule has 0 spiro atoms. The molecule has 0 aliphatic carbocycles. The molecule has 0 N–H and O–H groups in total. The summed E-state index contributed by atoms with van der Waals surface area (Å²) < 4.78 is 49.3. The van der Waals surface area contributed by atoms with Gasteiger partial charge in [0.1, 0.15) is 18.2 Å². The van der Waals surface area contributed by atoms with E-state index >= 15 is 0 Å². The minimum atomic E-state index is -4.33. The van der Waals surface area contributed by atoms with Crippen LogP contribution in [0.25, 0.3) is 0 Å². The number of carbonyl (C=O) groups excluding carboxylic acids is 3. The highest BCUT2D eigenvalue weighted by molar-refractivity contribution is 5.96. The molecule has 2 heterocycles. The first-order chi connectivity index (χ1) is 13.2. The first kappa shape index (κ1) is 22.4. The zero-order valence-corrected chi connectivity index (χ0v) is 16.2. The van der Waals surface area contributed by atoms with Crippen molar-refractivity contribution >= 4 is 17.8 Å². The first-order valence-corrected chi connectivity index (χ1v) is 9.51. The van der Waals surface area contributed by atoms with Crippen LogP contribution in [0, 0.1) is 5.92 Å². The molecular formula is C18H27F3N2O5. The lowest BCUT2D eigenvalue weighted by molar-refractivity contribution is -0.177. The molecule has 2 aliphatic rings. The molecule has 1 amide bonds. The van der Waals surface area contributed by atoms with Gasteiger partial charge in [-0.25, -0.2) is 4.79 Å². The molecule has 0 aromatic carbocycles. The highest BCUT2D eigenvalue weighted by Crippen LogP contribution is 2.34. The normalized spacial score (nSPS) is 26.2. The van der Waals surface area contributed by atoms with Crippen molar-refractivity contribution in [3.05, 3.63) is 0 Å². The number of likely N-dealkylation sites (tertiary alicyclic amines) is 2. The Morgan fingerprint density at radius 1 is 1.14 bits per heavy atom. The van der Waals surface area contributed by atoms with Crippen molar-refractivity contribution in [3.63, 3.8) is 0 Å². The Hall–Kier alpha value is -1.84. The molecule has 0 radical (unpaired) electrons. The molecule has 2 fully saturated rings. The lowest BCUT2D eigenvalue weighted by Gasteiger charge is -2.41. The quantitative estimate of drug-likeness (QED) is 0.496. The predicted octanol–water partition coefficient (Wildman–Crippen LogP) is 2.38. The van der Waals surface area contributed by atoms with Crippen LogP contribution in [-0.4, -0.2) is 79.3 Å². The van der Waals surface area contributed by atoms with Gasteiger partial charge in [0, 0.05) is 25.0 Å². The molecule has 0 unspecified atom stereocenters. The van der Waals surface area contributed by atoms with Crippen LogP contribution < -0.4 is 0 Å². The fourth-order valence-electron chi connectivity index (χ4n) is 4.06. The van der Waals surface area contributed by atoms with Crippen LogP contribution in [0.4, 0.5) is 18.0 Å². The van der Waals surface area contributed by atoms with Gasteiger partial charge in [0.2, 0.25) is 0 Å². The maximum Gasteiger partial charge on any atom is 0.409 e. The summed E-state index contributed by atoms with van der Waals surface area (Å²) in [6.45, 7) is 2.31. The van der Waals surface area contributed by atoms with E-state index < -0.39 is 36.2 Å². The Kier molecular flexibility index (Phi) is 7.68. The third-order valence-corrected chi connectivity index (χ3v) is 5.39. The van der Waals surface area contributed by atoms with Crippen LogP contribution in [0.5, 0.6) is 0 Å². The van der Waals surface area contributed by atoms with E-state index in [0.717, 1.165) is 0 Å². The van der Waals surface area contributed by atoms with Crippen LogP contribution in [0.3, 0.4) is 0 Å². The largest absolute Gasteiger partial charge is 0.466 e. The zero-order chi connectivity index (χ0) is 20.9. The fraction of sp³-hybridized carbons (Fsp3) is 0.833. The smallest absolute Gasteiger partial charge is 0.409 e. The minimum absolute atomic E-state index is 0.0163. The molecule has 10 heteroatoms. The van der Waals surface area contributed by atoms with Crippen molar-refractivity contribution < 1.29 is 37.0 Å². The number of ether oxygens (including phenoxy) is 2. The molecule has 2 rings (SSSR count). The Morgan fingerprint density at radius 3 is 2.46 bits per heavy atom. The number of hydrogen-bond acceptors (Lipinski definition) is 6. The van der Waals surface area contributed by atoms with Crippen molar-refractivity contribution in [3.8, 4) is 0 Å². The topological polar surface area (TPSA) is 76.2 Å². The van der Waals surface area contributed by atoms with E-state index in [1.54, 1.807) is 6.92 Å². The van der Waals surface area contributed by atoms with Crippen molar-refractivity contribution in [2.45, 2.75) is 57.3 Å². The molecule has 7 nitrogen and oxygen atoms in total. The molecule has 2 aliphatic heterocycles. The van der Waals surface area contributed by atoms with Crippen molar-refractivity contribution in [2.75, 3.05) is 33.4 Å². The Bertz CT molecular complexity index is 584. The zero-order valence-electron chi connectivity index (χ0n) is 16.2. The van der Waals surface area contributed by atoms with Gasteiger partial charge in [-0.05, 0) is 39.2 Å². The monoisotopic (exact) mass is 408 g/mol. The van der Waals surface area contributed by atoms with E-state index in [1.165, 1.54) is 16.9 Å². The highest BCUT2D eigenvalue weighted by atomic mass is 19.4. The Morgan fingerprint density at radius 2 is 1.86 bits per heavy atom. The number of hydrogen-bond donors (Lipinski definition) is 0. The van der Waals surface area contributed by atoms with Gasteiger partial charge in [-0.1, -0.05) is 0 Å². The van der Waals surface area contributed by atoms with Crippen LogP contribution in [0.2, 0.25) is 0 Å². The lowest BCUT2D eigenvalue weighted by Crippen LogP contribution is -2.54. The summed E-state index contributed by atoms with van der Waals surface area (Å²) >= 11 is 0. The van der Waals surface area contributed by atoms with Crippen molar-refractivity contribution in [2.24, 2.45) is 5.92 Å². The van der Waals surface area contributed by atoms with Gasteiger partial charge in [0.05, 0.1) is 13.7 Å². The average Bonchev–Trinajstić information content (AvgIpc) is 3.09. The fourth-order valence-corrected chi connectivity index (χ4v) is 4.06. The number of amides is 1. The SMILES string of the molecule is CCOC(=O)CC(=O)[C@H]1CCN(C(=O)OC)[C@H](CN2CCC[C@H]2C(F)(F)F)C1. The first-order valence-electron chi connectivity index (χ1n) is 9.51. The van der Waals surface area contributed by atoms with Gasteiger partial charge in [0.25, 0.3) is 0 Å². The van der Waals surface area contributed by atoms with Gasteiger partial charge >= 0.3 is 18.2 Å². The summed E-state index contributed by atoms with van der Waals surface area (Å²) in [4.78, 5) is 38.8. The number of piperidine rings is 1. The van der Waals surface area contributed by atoms with Crippen LogP contribution in [-0.2, 0) is 19.1 Å². The number of methoxy groups -OCH3 is 1. The number of ketones is 1. The molecule has 0 aromatic rings. The second-order valence-electron chi connectivity index (χ2n) is 7.18. The number of nitrogens with zero attached hydrogens (tertiary/aromatic N) is 2. The number of alkyl halides is 3. The predicted molar refractivity (Wildman–Crippen MR) is 92.5 cm³/mol. The second kappa shape index (κ2) is 9.58. The van der Waals surface area contributed by atoms with E-state index in [-0.39, 0.29) is 51.3 Å². The highest BCUT2D eigenvalue weighted by Gasteiger charge is 2.47. The van der Waals surface area contributed by atoms with Crippen LogP contribution in [0.1, 0.15) is 39.0 Å². The number of esters is 1. The molecule has 0 saturated carbocycles. The maximum absolute atomic E-state index is 13.3. The second-order valence-corrected chi connectivity index (χ2v) is 7.18. The van der Waals surface area contributed by atoms with Crippen molar-refractivity contribution in [1.82, 2.24) is 9.80 Å². The van der Waals surface area contributed by atoms with Gasteiger partial charge in [-0.15, -0.1) is 0 Å². The molecular weight excluding hydrogens is 381 g/mol. The van der Waals surface area contributed by atoms with Gasteiger partial charge < -0.3 is 14.4 Å². The number of halogens is 3. The van der Waals surface area contributed by atoms with E-state index in [1.807, 2.05) is 0 Å².